The molecule has 0 spiro atoms. The van der Waals surface area contributed by atoms with Crippen molar-refractivity contribution in [3.05, 3.63) is 82.0 Å². The molecule has 0 bridgehead atoms. The van der Waals surface area contributed by atoms with Crippen LogP contribution in [0.2, 0.25) is 0 Å². The fraction of sp³-hybridized carbons (Fsp3) is 0.150. The van der Waals surface area contributed by atoms with Crippen LogP contribution in [0.5, 0.6) is 0 Å². The van der Waals surface area contributed by atoms with Gasteiger partial charge in [-0.05, 0) is 54.8 Å². The Morgan fingerprint density at radius 2 is 1.77 bits per heavy atom. The fourth-order valence-electron chi connectivity index (χ4n) is 2.93. The molecule has 0 unspecified atom stereocenters. The zero-order valence-corrected chi connectivity index (χ0v) is 14.6. The Balaban J connectivity index is 1.60. The number of benzene rings is 2. The highest BCUT2D eigenvalue weighted by molar-refractivity contribution is 5.84. The van der Waals surface area contributed by atoms with Crippen LogP contribution >= 0.6 is 0 Å². The molecule has 0 saturated heterocycles. The number of nitrogens with zero attached hydrogens (tertiary/aromatic N) is 3. The van der Waals surface area contributed by atoms with Gasteiger partial charge in [0.1, 0.15) is 5.58 Å². The van der Waals surface area contributed by atoms with E-state index in [-0.39, 0.29) is 5.63 Å². The lowest BCUT2D eigenvalue weighted by atomic mass is 10.0. The van der Waals surface area contributed by atoms with Crippen molar-refractivity contribution in [2.24, 2.45) is 0 Å². The zero-order valence-electron chi connectivity index (χ0n) is 14.6. The minimum atomic E-state index is -0.330. The number of nitrogens with one attached hydrogen (secondary N) is 1. The molecule has 130 valence electrons. The molecule has 0 aliphatic rings. The second kappa shape index (κ2) is 6.48. The van der Waals surface area contributed by atoms with Gasteiger partial charge in [0.2, 0.25) is 0 Å². The van der Waals surface area contributed by atoms with Gasteiger partial charge in [-0.25, -0.2) is 4.79 Å². The van der Waals surface area contributed by atoms with Crippen molar-refractivity contribution < 1.29 is 4.42 Å². The monoisotopic (exact) mass is 346 g/mol. The summed E-state index contributed by atoms with van der Waals surface area (Å²) >= 11 is 0. The van der Waals surface area contributed by atoms with E-state index in [4.69, 9.17) is 4.42 Å². The zero-order chi connectivity index (χ0) is 18.1. The Labute approximate surface area is 150 Å². The lowest BCUT2D eigenvalue weighted by molar-refractivity contribution is 0.556. The summed E-state index contributed by atoms with van der Waals surface area (Å²) in [5, 5.41) is 12.5. The van der Waals surface area contributed by atoms with Gasteiger partial charge in [-0.3, -0.25) is 0 Å². The number of aryl methyl sites for hydroxylation is 2. The van der Waals surface area contributed by atoms with Crippen molar-refractivity contribution in [1.29, 1.82) is 0 Å². The maximum Gasteiger partial charge on any atom is 0.336 e. The van der Waals surface area contributed by atoms with E-state index in [1.54, 1.807) is 23.3 Å². The molecule has 0 aliphatic heterocycles. The lowest BCUT2D eigenvalue weighted by Gasteiger charge is -2.11. The molecule has 6 nitrogen and oxygen atoms in total. The minimum absolute atomic E-state index is 0.330. The highest BCUT2D eigenvalue weighted by Gasteiger charge is 2.09. The van der Waals surface area contributed by atoms with Crippen LogP contribution in [0.15, 0.2) is 64.1 Å². The molecule has 0 amide bonds. The highest BCUT2D eigenvalue weighted by atomic mass is 16.4. The second-order valence-electron chi connectivity index (χ2n) is 6.19. The molecule has 0 radical (unpaired) electrons. The van der Waals surface area contributed by atoms with E-state index in [0.717, 1.165) is 33.5 Å². The summed E-state index contributed by atoms with van der Waals surface area (Å²) in [4.78, 5) is 13.5. The van der Waals surface area contributed by atoms with Crippen molar-refractivity contribution >= 4 is 16.7 Å². The molecule has 4 rings (SSSR count). The van der Waals surface area contributed by atoms with Crippen LogP contribution in [0.3, 0.4) is 0 Å². The summed E-state index contributed by atoms with van der Waals surface area (Å²) in [6.07, 6.45) is 3.28. The van der Waals surface area contributed by atoms with Gasteiger partial charge in [0, 0.05) is 23.7 Å². The summed E-state index contributed by atoms with van der Waals surface area (Å²) in [7, 11) is 0. The van der Waals surface area contributed by atoms with Gasteiger partial charge in [-0.1, -0.05) is 12.1 Å². The molecule has 2 aromatic heterocycles. The molecule has 0 atom stereocenters. The molecular formula is C20H18N4O2. The average Bonchev–Trinajstić information content (AvgIpc) is 3.18. The van der Waals surface area contributed by atoms with Crippen LogP contribution < -0.4 is 10.9 Å². The van der Waals surface area contributed by atoms with Crippen LogP contribution in [0.25, 0.3) is 16.7 Å². The smallest absolute Gasteiger partial charge is 0.336 e. The maximum absolute atomic E-state index is 11.9. The normalized spacial score (nSPS) is 11.0. The van der Waals surface area contributed by atoms with Gasteiger partial charge >= 0.3 is 5.63 Å². The quantitative estimate of drug-likeness (QED) is 0.572. The van der Waals surface area contributed by atoms with Crippen LogP contribution in [0, 0.1) is 13.8 Å². The Bertz CT molecular complexity index is 1110. The maximum atomic E-state index is 11.9. The van der Waals surface area contributed by atoms with Crippen LogP contribution in [0.4, 0.5) is 5.69 Å². The van der Waals surface area contributed by atoms with E-state index >= 15 is 0 Å². The Hall–Kier alpha value is -3.41. The Morgan fingerprint density at radius 3 is 2.50 bits per heavy atom. The van der Waals surface area contributed by atoms with Crippen LogP contribution in [-0.4, -0.2) is 15.0 Å². The van der Waals surface area contributed by atoms with Crippen molar-refractivity contribution in [3.63, 3.8) is 0 Å². The molecule has 1 N–H and O–H groups in total. The molecule has 26 heavy (non-hydrogen) atoms. The largest absolute Gasteiger partial charge is 0.422 e. The number of rotatable bonds is 4. The molecule has 0 fully saturated rings. The van der Waals surface area contributed by atoms with Crippen molar-refractivity contribution in [1.82, 2.24) is 15.0 Å². The predicted molar refractivity (Wildman–Crippen MR) is 101 cm³/mol. The van der Waals surface area contributed by atoms with Gasteiger partial charge in [0.15, 0.2) is 0 Å². The summed E-state index contributed by atoms with van der Waals surface area (Å²) in [5.74, 6) is 0. The first-order chi connectivity index (χ1) is 12.6. The molecule has 2 aromatic carbocycles. The van der Waals surface area contributed by atoms with E-state index < -0.39 is 0 Å². The molecule has 0 saturated carbocycles. The second-order valence-corrected chi connectivity index (χ2v) is 6.19. The molecule has 0 aliphatic carbocycles. The van der Waals surface area contributed by atoms with Gasteiger partial charge in [-0.15, -0.1) is 0 Å². The number of fused-ring (bicyclic) bond motifs is 1. The average molecular weight is 346 g/mol. The molecule has 6 heteroatoms. The first kappa shape index (κ1) is 16.1. The Morgan fingerprint density at radius 1 is 1.04 bits per heavy atom. The molecule has 4 aromatic rings. The van der Waals surface area contributed by atoms with Gasteiger partial charge in [0.25, 0.3) is 0 Å². The van der Waals surface area contributed by atoms with E-state index in [9.17, 15) is 4.79 Å². The van der Waals surface area contributed by atoms with Gasteiger partial charge in [-0.2, -0.15) is 15.0 Å². The topological polar surface area (TPSA) is 73.0 Å². The van der Waals surface area contributed by atoms with Crippen molar-refractivity contribution in [2.45, 2.75) is 20.4 Å². The van der Waals surface area contributed by atoms with E-state index in [1.165, 1.54) is 0 Å². The molecular weight excluding hydrogens is 328 g/mol. The summed E-state index contributed by atoms with van der Waals surface area (Å²) in [6.45, 7) is 4.51. The summed E-state index contributed by atoms with van der Waals surface area (Å²) < 4.78 is 5.42. The number of hydrogen-bond acceptors (Lipinski definition) is 5. The third-order valence-corrected chi connectivity index (χ3v) is 4.52. The number of hydrogen-bond donors (Lipinski definition) is 1. The molecule has 2 heterocycles. The summed E-state index contributed by atoms with van der Waals surface area (Å²) in [5.41, 5.74) is 5.18. The Kier molecular flexibility index (Phi) is 4.01. The first-order valence-corrected chi connectivity index (χ1v) is 8.35. The summed E-state index contributed by atoms with van der Waals surface area (Å²) in [6, 6.07) is 13.4. The van der Waals surface area contributed by atoms with Crippen LogP contribution in [0.1, 0.15) is 16.7 Å². The SMILES string of the molecule is Cc1ccc2c(CNc3ccc(-n4nccn4)cc3)cc(=O)oc2c1C. The predicted octanol–water partition coefficient (Wildman–Crippen LogP) is 3.60. The third kappa shape index (κ3) is 2.97. The standard InChI is InChI=1S/C20H18N4O2/c1-13-3-8-18-15(11-19(25)26-20(18)14(13)2)12-21-16-4-6-17(7-5-16)24-22-9-10-23-24/h3-11,21H,12H2,1-2H3. The fourth-order valence-corrected chi connectivity index (χ4v) is 2.93. The van der Waals surface area contributed by atoms with E-state index in [0.29, 0.717) is 12.1 Å². The number of anilines is 1. The van der Waals surface area contributed by atoms with Gasteiger partial charge < -0.3 is 9.73 Å². The lowest BCUT2D eigenvalue weighted by Crippen LogP contribution is -2.07. The van der Waals surface area contributed by atoms with Crippen LogP contribution in [-0.2, 0) is 6.54 Å². The number of aromatic nitrogens is 3. The van der Waals surface area contributed by atoms with E-state index in [2.05, 4.69) is 15.5 Å². The van der Waals surface area contributed by atoms with Crippen molar-refractivity contribution in [2.75, 3.05) is 5.32 Å². The van der Waals surface area contributed by atoms with Gasteiger partial charge in [0.05, 0.1) is 18.1 Å². The third-order valence-electron chi connectivity index (χ3n) is 4.52. The van der Waals surface area contributed by atoms with E-state index in [1.807, 2.05) is 50.2 Å². The van der Waals surface area contributed by atoms with Crippen molar-refractivity contribution in [3.8, 4) is 5.69 Å². The highest BCUT2D eigenvalue weighted by Crippen LogP contribution is 2.24. The minimum Gasteiger partial charge on any atom is -0.422 e. The first-order valence-electron chi connectivity index (χ1n) is 8.35.